The third kappa shape index (κ3) is 3.41. The highest BCUT2D eigenvalue weighted by molar-refractivity contribution is 7.90. The number of halogens is 1. The van der Waals surface area contributed by atoms with Crippen LogP contribution in [0.1, 0.15) is 32.4 Å². The Bertz CT molecular complexity index is 714. The third-order valence-electron chi connectivity index (χ3n) is 2.76. The molecule has 0 unspecified atom stereocenters. The molecule has 0 saturated carbocycles. The summed E-state index contributed by atoms with van der Waals surface area (Å²) in [6.45, 7) is 5.92. The van der Waals surface area contributed by atoms with Crippen molar-refractivity contribution in [2.75, 3.05) is 0 Å². The third-order valence-corrected chi connectivity index (χ3v) is 4.60. The number of hydrogen-bond acceptors (Lipinski definition) is 4. The highest BCUT2D eigenvalue weighted by Gasteiger charge is 2.23. The normalized spacial score (nSPS) is 12.6. The van der Waals surface area contributed by atoms with Crippen molar-refractivity contribution in [3.63, 3.8) is 0 Å². The van der Waals surface area contributed by atoms with Crippen molar-refractivity contribution in [2.24, 2.45) is 0 Å². The smallest absolute Gasteiger partial charge is 0.209 e. The maximum atomic E-state index is 12.3. The SMILES string of the molecule is CC(C)(C)c1cnc(CS(=O)(=O)c2cccc(Cl)c2)o1. The van der Waals surface area contributed by atoms with Gasteiger partial charge in [0.05, 0.1) is 11.1 Å². The molecule has 20 heavy (non-hydrogen) atoms. The Kier molecular flexibility index (Phi) is 3.93. The van der Waals surface area contributed by atoms with Crippen molar-refractivity contribution < 1.29 is 12.8 Å². The average Bonchev–Trinajstić information content (AvgIpc) is 2.76. The largest absolute Gasteiger partial charge is 0.444 e. The Morgan fingerprint density at radius 1 is 1.30 bits per heavy atom. The predicted molar refractivity (Wildman–Crippen MR) is 77.5 cm³/mol. The first-order valence-electron chi connectivity index (χ1n) is 6.12. The average molecular weight is 314 g/mol. The molecule has 6 heteroatoms. The van der Waals surface area contributed by atoms with Gasteiger partial charge in [0.1, 0.15) is 11.5 Å². The maximum Gasteiger partial charge on any atom is 0.209 e. The molecule has 0 bridgehead atoms. The highest BCUT2D eigenvalue weighted by Crippen LogP contribution is 2.25. The summed E-state index contributed by atoms with van der Waals surface area (Å²) in [7, 11) is -3.51. The molecule has 0 aliphatic heterocycles. The summed E-state index contributed by atoms with van der Waals surface area (Å²) in [6, 6.07) is 6.16. The van der Waals surface area contributed by atoms with Gasteiger partial charge in [0.15, 0.2) is 9.84 Å². The number of sulfone groups is 1. The van der Waals surface area contributed by atoms with Crippen molar-refractivity contribution in [2.45, 2.75) is 36.8 Å². The first-order chi connectivity index (χ1) is 9.18. The lowest BCUT2D eigenvalue weighted by molar-refractivity contribution is 0.389. The molecule has 1 heterocycles. The minimum atomic E-state index is -3.51. The maximum absolute atomic E-state index is 12.3. The summed E-state index contributed by atoms with van der Waals surface area (Å²) >= 11 is 5.81. The van der Waals surface area contributed by atoms with E-state index < -0.39 is 9.84 Å². The summed E-state index contributed by atoms with van der Waals surface area (Å²) in [4.78, 5) is 4.20. The second kappa shape index (κ2) is 5.22. The summed E-state index contributed by atoms with van der Waals surface area (Å²) in [5.74, 6) is 0.576. The van der Waals surface area contributed by atoms with Gasteiger partial charge in [0.2, 0.25) is 5.89 Å². The minimum Gasteiger partial charge on any atom is -0.444 e. The van der Waals surface area contributed by atoms with Crippen LogP contribution in [0.15, 0.2) is 39.8 Å². The Morgan fingerprint density at radius 3 is 2.55 bits per heavy atom. The summed E-state index contributed by atoms with van der Waals surface area (Å²) in [5.41, 5.74) is -0.203. The fourth-order valence-electron chi connectivity index (χ4n) is 1.63. The second-order valence-corrected chi connectivity index (χ2v) is 8.01. The van der Waals surface area contributed by atoms with E-state index >= 15 is 0 Å². The molecule has 1 aromatic heterocycles. The molecule has 0 radical (unpaired) electrons. The number of hydrogen-bond donors (Lipinski definition) is 0. The van der Waals surface area contributed by atoms with Gasteiger partial charge in [-0.2, -0.15) is 0 Å². The molecule has 4 nitrogen and oxygen atoms in total. The molecule has 0 N–H and O–H groups in total. The van der Waals surface area contributed by atoms with Crippen LogP contribution in [-0.2, 0) is 21.0 Å². The molecule has 0 amide bonds. The van der Waals surface area contributed by atoms with E-state index in [4.69, 9.17) is 16.0 Å². The summed E-state index contributed by atoms with van der Waals surface area (Å²) in [5, 5.41) is 0.383. The van der Waals surface area contributed by atoms with Gasteiger partial charge in [0, 0.05) is 10.4 Å². The van der Waals surface area contributed by atoms with Gasteiger partial charge < -0.3 is 4.42 Å². The molecular formula is C14H16ClNO3S. The van der Waals surface area contributed by atoms with Crippen LogP contribution in [0.25, 0.3) is 0 Å². The minimum absolute atomic E-state index is 0.167. The van der Waals surface area contributed by atoms with E-state index in [0.717, 1.165) is 0 Å². The Morgan fingerprint density at radius 2 is 2.00 bits per heavy atom. The molecule has 0 fully saturated rings. The first kappa shape index (κ1) is 15.1. The molecule has 0 atom stereocenters. The lowest BCUT2D eigenvalue weighted by Gasteiger charge is -2.13. The monoisotopic (exact) mass is 313 g/mol. The van der Waals surface area contributed by atoms with Crippen LogP contribution in [-0.4, -0.2) is 13.4 Å². The van der Waals surface area contributed by atoms with Crippen LogP contribution in [0.5, 0.6) is 0 Å². The summed E-state index contributed by atoms with van der Waals surface area (Å²) in [6.07, 6.45) is 1.57. The van der Waals surface area contributed by atoms with Crippen molar-refractivity contribution in [1.82, 2.24) is 4.98 Å². The van der Waals surface area contributed by atoms with Crippen LogP contribution in [0.2, 0.25) is 5.02 Å². The van der Waals surface area contributed by atoms with E-state index in [-0.39, 0.29) is 22.0 Å². The molecule has 2 rings (SSSR count). The zero-order chi connectivity index (χ0) is 15.0. The fourth-order valence-corrected chi connectivity index (χ4v) is 3.10. The molecule has 0 spiro atoms. The van der Waals surface area contributed by atoms with Crippen LogP contribution in [0, 0.1) is 0 Å². The molecular weight excluding hydrogens is 298 g/mol. The second-order valence-electron chi connectivity index (χ2n) is 5.58. The molecule has 1 aromatic carbocycles. The van der Waals surface area contributed by atoms with Gasteiger partial charge in [-0.1, -0.05) is 38.4 Å². The quantitative estimate of drug-likeness (QED) is 0.868. The molecule has 0 aliphatic rings. The molecule has 0 saturated heterocycles. The summed E-state index contributed by atoms with van der Waals surface area (Å²) < 4.78 is 30.0. The molecule has 2 aromatic rings. The fraction of sp³-hybridized carbons (Fsp3) is 0.357. The lowest BCUT2D eigenvalue weighted by Crippen LogP contribution is -2.09. The van der Waals surface area contributed by atoms with E-state index in [1.807, 2.05) is 20.8 Å². The first-order valence-corrected chi connectivity index (χ1v) is 8.15. The number of oxazole rings is 1. The van der Waals surface area contributed by atoms with Crippen LogP contribution < -0.4 is 0 Å². The number of benzene rings is 1. The van der Waals surface area contributed by atoms with Gasteiger partial charge >= 0.3 is 0 Å². The van der Waals surface area contributed by atoms with Crippen molar-refractivity contribution in [1.29, 1.82) is 0 Å². The zero-order valence-corrected chi connectivity index (χ0v) is 13.1. The van der Waals surface area contributed by atoms with Gasteiger partial charge in [0.25, 0.3) is 0 Å². The predicted octanol–water partition coefficient (Wildman–Crippen LogP) is 3.60. The van der Waals surface area contributed by atoms with E-state index in [9.17, 15) is 8.42 Å². The molecule has 108 valence electrons. The van der Waals surface area contributed by atoms with Crippen molar-refractivity contribution in [3.05, 3.63) is 47.1 Å². The van der Waals surface area contributed by atoms with E-state index in [1.165, 1.54) is 12.1 Å². The zero-order valence-electron chi connectivity index (χ0n) is 11.6. The lowest BCUT2D eigenvalue weighted by atomic mass is 9.94. The number of rotatable bonds is 3. The van der Waals surface area contributed by atoms with Gasteiger partial charge in [-0.05, 0) is 18.2 Å². The van der Waals surface area contributed by atoms with E-state index in [1.54, 1.807) is 18.3 Å². The van der Waals surface area contributed by atoms with Crippen molar-refractivity contribution in [3.8, 4) is 0 Å². The number of nitrogens with zero attached hydrogens (tertiary/aromatic N) is 1. The van der Waals surface area contributed by atoms with Gasteiger partial charge in [-0.25, -0.2) is 13.4 Å². The number of aromatic nitrogens is 1. The van der Waals surface area contributed by atoms with Crippen LogP contribution in [0.4, 0.5) is 0 Å². The van der Waals surface area contributed by atoms with Gasteiger partial charge in [-0.15, -0.1) is 0 Å². The Hall–Kier alpha value is -1.33. The van der Waals surface area contributed by atoms with Gasteiger partial charge in [-0.3, -0.25) is 0 Å². The Balaban J connectivity index is 2.27. The standard InChI is InChI=1S/C14H16ClNO3S/c1-14(2,3)12-8-16-13(19-12)9-20(17,18)11-6-4-5-10(15)7-11/h4-8H,9H2,1-3H3. The Labute approximate surface area is 123 Å². The van der Waals surface area contributed by atoms with E-state index in [0.29, 0.717) is 10.8 Å². The van der Waals surface area contributed by atoms with Crippen LogP contribution >= 0.6 is 11.6 Å². The van der Waals surface area contributed by atoms with Crippen LogP contribution in [0.3, 0.4) is 0 Å². The topological polar surface area (TPSA) is 60.2 Å². The highest BCUT2D eigenvalue weighted by atomic mass is 35.5. The molecule has 0 aliphatic carbocycles. The van der Waals surface area contributed by atoms with Crippen molar-refractivity contribution >= 4 is 21.4 Å². The van der Waals surface area contributed by atoms with E-state index in [2.05, 4.69) is 4.98 Å².